The molecule has 2 heterocycles. The zero-order valence-corrected chi connectivity index (χ0v) is 12.4. The summed E-state index contributed by atoms with van der Waals surface area (Å²) in [7, 11) is 1.71. The molecular formula is C15H22N4O2. The summed E-state index contributed by atoms with van der Waals surface area (Å²) >= 11 is 0. The molecule has 1 aliphatic rings. The van der Waals surface area contributed by atoms with Crippen molar-refractivity contribution in [1.82, 2.24) is 14.9 Å². The number of rotatable bonds is 5. The fourth-order valence-electron chi connectivity index (χ4n) is 2.49. The van der Waals surface area contributed by atoms with Crippen LogP contribution in [-0.4, -0.2) is 47.6 Å². The topological polar surface area (TPSA) is 81.3 Å². The van der Waals surface area contributed by atoms with Crippen molar-refractivity contribution in [2.24, 2.45) is 5.92 Å². The Bertz CT molecular complexity index is 487. The lowest BCUT2D eigenvalue weighted by Gasteiger charge is -2.32. The lowest BCUT2D eigenvalue weighted by molar-refractivity contribution is -0.127. The summed E-state index contributed by atoms with van der Waals surface area (Å²) in [6, 6.07) is 0. The van der Waals surface area contributed by atoms with Crippen molar-refractivity contribution in [3.8, 4) is 0 Å². The van der Waals surface area contributed by atoms with E-state index in [4.69, 9.17) is 10.5 Å². The minimum atomic E-state index is 0.0361. The molecule has 1 aromatic rings. The number of likely N-dealkylation sites (tertiary alicyclic amines) is 1. The molecule has 114 valence electrons. The lowest BCUT2D eigenvalue weighted by Crippen LogP contribution is -2.39. The van der Waals surface area contributed by atoms with Gasteiger partial charge in [0, 0.05) is 50.8 Å². The van der Waals surface area contributed by atoms with Gasteiger partial charge in [-0.25, -0.2) is 9.97 Å². The number of aromatic nitrogens is 2. The van der Waals surface area contributed by atoms with Gasteiger partial charge in [-0.15, -0.1) is 0 Å². The van der Waals surface area contributed by atoms with Crippen molar-refractivity contribution in [2.45, 2.75) is 19.3 Å². The molecule has 2 N–H and O–H groups in total. The summed E-state index contributed by atoms with van der Waals surface area (Å²) in [5, 5.41) is 0. The number of amides is 1. The van der Waals surface area contributed by atoms with E-state index in [1.54, 1.807) is 31.7 Å². The van der Waals surface area contributed by atoms with Crippen LogP contribution in [0.1, 0.15) is 24.8 Å². The molecule has 1 saturated heterocycles. The van der Waals surface area contributed by atoms with Crippen LogP contribution in [0.3, 0.4) is 0 Å². The Hall–Kier alpha value is -1.95. The van der Waals surface area contributed by atoms with Gasteiger partial charge in [-0.2, -0.15) is 0 Å². The van der Waals surface area contributed by atoms with Gasteiger partial charge in [0.05, 0.1) is 0 Å². The Kier molecular flexibility index (Phi) is 5.68. The first-order chi connectivity index (χ1) is 10.2. The molecule has 1 fully saturated rings. The smallest absolute Gasteiger partial charge is 0.246 e. The van der Waals surface area contributed by atoms with Crippen molar-refractivity contribution in [2.75, 3.05) is 32.5 Å². The number of anilines is 1. The standard InChI is InChI=1S/C15H22N4O2/c1-21-8-6-12-3-2-7-19(11-12)14(20)5-4-13-9-17-15(16)18-10-13/h4-5,9-10,12H,2-3,6-8,11H2,1H3,(H2,16,17,18). The summed E-state index contributed by atoms with van der Waals surface area (Å²) in [6.07, 6.45) is 9.74. The maximum absolute atomic E-state index is 12.2. The first kappa shape index (κ1) is 15.4. The van der Waals surface area contributed by atoms with Crippen molar-refractivity contribution in [3.63, 3.8) is 0 Å². The maximum Gasteiger partial charge on any atom is 0.246 e. The van der Waals surface area contributed by atoms with Gasteiger partial charge in [0.1, 0.15) is 0 Å². The summed E-state index contributed by atoms with van der Waals surface area (Å²) in [4.78, 5) is 21.9. The van der Waals surface area contributed by atoms with Crippen LogP contribution < -0.4 is 5.73 Å². The van der Waals surface area contributed by atoms with E-state index in [0.29, 0.717) is 5.92 Å². The van der Waals surface area contributed by atoms with E-state index in [-0.39, 0.29) is 11.9 Å². The highest BCUT2D eigenvalue weighted by atomic mass is 16.5. The average Bonchev–Trinajstić information content (AvgIpc) is 2.52. The highest BCUT2D eigenvalue weighted by molar-refractivity contribution is 5.91. The molecule has 2 rings (SSSR count). The van der Waals surface area contributed by atoms with Gasteiger partial charge in [0.2, 0.25) is 11.9 Å². The van der Waals surface area contributed by atoms with Gasteiger partial charge >= 0.3 is 0 Å². The minimum Gasteiger partial charge on any atom is -0.385 e. The number of ether oxygens (including phenoxy) is 1. The highest BCUT2D eigenvalue weighted by Crippen LogP contribution is 2.20. The van der Waals surface area contributed by atoms with Crippen molar-refractivity contribution in [3.05, 3.63) is 24.0 Å². The summed E-state index contributed by atoms with van der Waals surface area (Å²) in [5.41, 5.74) is 6.19. The molecule has 21 heavy (non-hydrogen) atoms. The summed E-state index contributed by atoms with van der Waals surface area (Å²) < 4.78 is 5.11. The number of hydrogen-bond donors (Lipinski definition) is 1. The molecule has 0 radical (unpaired) electrons. The van der Waals surface area contributed by atoms with E-state index in [9.17, 15) is 4.79 Å². The predicted molar refractivity (Wildman–Crippen MR) is 81.3 cm³/mol. The number of nitrogens with two attached hydrogens (primary N) is 1. The van der Waals surface area contributed by atoms with Crippen LogP contribution in [0, 0.1) is 5.92 Å². The molecule has 0 aliphatic carbocycles. The lowest BCUT2D eigenvalue weighted by atomic mass is 9.95. The van der Waals surface area contributed by atoms with Crippen LogP contribution in [0.5, 0.6) is 0 Å². The fraction of sp³-hybridized carbons (Fsp3) is 0.533. The van der Waals surface area contributed by atoms with E-state index in [0.717, 1.165) is 38.1 Å². The third-order valence-corrected chi connectivity index (χ3v) is 3.67. The predicted octanol–water partition coefficient (Wildman–Crippen LogP) is 1.35. The van der Waals surface area contributed by atoms with Crippen molar-refractivity contribution in [1.29, 1.82) is 0 Å². The van der Waals surface area contributed by atoms with Gasteiger partial charge in [-0.05, 0) is 31.3 Å². The van der Waals surface area contributed by atoms with Crippen LogP contribution in [0.25, 0.3) is 6.08 Å². The first-order valence-electron chi connectivity index (χ1n) is 7.22. The fourth-order valence-corrected chi connectivity index (χ4v) is 2.49. The SMILES string of the molecule is COCCC1CCCN(C(=O)C=Cc2cnc(N)nc2)C1. The number of carbonyl (C=O) groups excluding carboxylic acids is 1. The van der Waals surface area contributed by atoms with Gasteiger partial charge in [-0.3, -0.25) is 4.79 Å². The molecule has 1 atom stereocenters. The van der Waals surface area contributed by atoms with E-state index in [2.05, 4.69) is 9.97 Å². The molecule has 1 aromatic heterocycles. The number of carbonyl (C=O) groups is 1. The van der Waals surface area contributed by atoms with Crippen molar-refractivity contribution >= 4 is 17.9 Å². The largest absolute Gasteiger partial charge is 0.385 e. The Labute approximate surface area is 125 Å². The average molecular weight is 290 g/mol. The van der Waals surface area contributed by atoms with Crippen LogP contribution >= 0.6 is 0 Å². The first-order valence-corrected chi connectivity index (χ1v) is 7.22. The molecule has 6 heteroatoms. The van der Waals surface area contributed by atoms with E-state index in [1.807, 2.05) is 4.90 Å². The zero-order chi connectivity index (χ0) is 15.1. The number of hydrogen-bond acceptors (Lipinski definition) is 5. The zero-order valence-electron chi connectivity index (χ0n) is 12.4. The van der Waals surface area contributed by atoms with Crippen LogP contribution in [0.15, 0.2) is 18.5 Å². The Balaban J connectivity index is 1.88. The van der Waals surface area contributed by atoms with Gasteiger partial charge in [-0.1, -0.05) is 0 Å². The van der Waals surface area contributed by atoms with E-state index >= 15 is 0 Å². The second-order valence-corrected chi connectivity index (χ2v) is 5.28. The Morgan fingerprint density at radius 2 is 2.29 bits per heavy atom. The summed E-state index contributed by atoms with van der Waals surface area (Å²) in [6.45, 7) is 2.39. The van der Waals surface area contributed by atoms with Crippen LogP contribution in [-0.2, 0) is 9.53 Å². The molecule has 1 amide bonds. The minimum absolute atomic E-state index is 0.0361. The molecule has 0 aromatic carbocycles. The Morgan fingerprint density at radius 1 is 1.52 bits per heavy atom. The second kappa shape index (κ2) is 7.73. The van der Waals surface area contributed by atoms with Gasteiger partial charge in [0.15, 0.2) is 0 Å². The van der Waals surface area contributed by atoms with E-state index < -0.39 is 0 Å². The molecule has 0 spiro atoms. The normalized spacial score (nSPS) is 19.1. The Morgan fingerprint density at radius 3 is 3.00 bits per heavy atom. The quantitative estimate of drug-likeness (QED) is 0.828. The molecule has 1 aliphatic heterocycles. The molecule has 0 bridgehead atoms. The second-order valence-electron chi connectivity index (χ2n) is 5.28. The van der Waals surface area contributed by atoms with E-state index in [1.165, 1.54) is 6.42 Å². The summed E-state index contributed by atoms with van der Waals surface area (Å²) in [5.74, 6) is 0.806. The molecular weight excluding hydrogens is 268 g/mol. The maximum atomic E-state index is 12.2. The number of nitrogens with zero attached hydrogens (tertiary/aromatic N) is 3. The number of methoxy groups -OCH3 is 1. The highest BCUT2D eigenvalue weighted by Gasteiger charge is 2.21. The van der Waals surface area contributed by atoms with Gasteiger partial charge < -0.3 is 15.4 Å². The van der Waals surface area contributed by atoms with Crippen LogP contribution in [0.4, 0.5) is 5.95 Å². The molecule has 6 nitrogen and oxygen atoms in total. The number of piperidine rings is 1. The monoisotopic (exact) mass is 290 g/mol. The van der Waals surface area contributed by atoms with Gasteiger partial charge in [0.25, 0.3) is 0 Å². The van der Waals surface area contributed by atoms with Crippen LogP contribution in [0.2, 0.25) is 0 Å². The van der Waals surface area contributed by atoms with Crippen molar-refractivity contribution < 1.29 is 9.53 Å². The number of nitrogen functional groups attached to an aromatic ring is 1. The third-order valence-electron chi connectivity index (χ3n) is 3.67. The molecule has 0 saturated carbocycles. The molecule has 1 unspecified atom stereocenters. The third kappa shape index (κ3) is 4.82.